The van der Waals surface area contributed by atoms with Gasteiger partial charge in [-0.25, -0.2) is 0 Å². The molecule has 1 aromatic rings. The van der Waals surface area contributed by atoms with Gasteiger partial charge in [0.25, 0.3) is 0 Å². The molecule has 2 N–H and O–H groups in total. The minimum atomic E-state index is 0.0246. The van der Waals surface area contributed by atoms with Gasteiger partial charge in [-0.05, 0) is 13.8 Å². The Labute approximate surface area is 121 Å². The molecule has 1 amide bonds. The van der Waals surface area contributed by atoms with E-state index in [1.54, 1.807) is 0 Å². The van der Waals surface area contributed by atoms with Crippen molar-refractivity contribution in [2.75, 3.05) is 25.0 Å². The molecule has 0 saturated carbocycles. The highest BCUT2D eigenvalue weighted by Gasteiger charge is 2.18. The monoisotopic (exact) mass is 281 g/mol. The van der Waals surface area contributed by atoms with E-state index in [0.29, 0.717) is 19.1 Å². The maximum atomic E-state index is 11.7. The third-order valence-corrected chi connectivity index (χ3v) is 3.12. The van der Waals surface area contributed by atoms with Crippen LogP contribution < -0.4 is 15.5 Å². The summed E-state index contributed by atoms with van der Waals surface area (Å²) in [5.74, 6) is 1.01. The number of aromatic nitrogens is 2. The fraction of sp³-hybridized carbons (Fsp3) is 0.714. The number of rotatable bonds is 7. The largest absolute Gasteiger partial charge is 0.355 e. The number of amides is 1. The lowest BCUT2D eigenvalue weighted by molar-refractivity contribution is -0.119. The van der Waals surface area contributed by atoms with Crippen molar-refractivity contribution in [2.24, 2.45) is 7.05 Å². The van der Waals surface area contributed by atoms with Gasteiger partial charge < -0.3 is 15.5 Å². The van der Waals surface area contributed by atoms with Gasteiger partial charge in [0, 0.05) is 38.8 Å². The number of anilines is 1. The van der Waals surface area contributed by atoms with Gasteiger partial charge in [0.2, 0.25) is 5.91 Å². The first-order valence-corrected chi connectivity index (χ1v) is 7.10. The minimum absolute atomic E-state index is 0.0246. The van der Waals surface area contributed by atoms with Crippen LogP contribution >= 0.6 is 0 Å². The van der Waals surface area contributed by atoms with Crippen molar-refractivity contribution in [3.05, 3.63) is 11.3 Å². The molecular formula is C14H27N5O. The van der Waals surface area contributed by atoms with E-state index in [4.69, 9.17) is 0 Å². The van der Waals surface area contributed by atoms with E-state index in [2.05, 4.69) is 29.6 Å². The Hall–Kier alpha value is -1.56. The van der Waals surface area contributed by atoms with Crippen molar-refractivity contribution in [1.29, 1.82) is 0 Å². The van der Waals surface area contributed by atoms with E-state index < -0.39 is 0 Å². The Bertz CT molecular complexity index is 453. The Morgan fingerprint density at radius 1 is 1.45 bits per heavy atom. The lowest BCUT2D eigenvalue weighted by atomic mass is 10.2. The zero-order chi connectivity index (χ0) is 15.3. The second-order valence-electron chi connectivity index (χ2n) is 5.36. The van der Waals surface area contributed by atoms with Crippen LogP contribution in [0.15, 0.2) is 0 Å². The summed E-state index contributed by atoms with van der Waals surface area (Å²) in [5.41, 5.74) is 2.14. The zero-order valence-electron chi connectivity index (χ0n) is 13.4. The van der Waals surface area contributed by atoms with E-state index >= 15 is 0 Å². The van der Waals surface area contributed by atoms with E-state index in [0.717, 1.165) is 23.6 Å². The van der Waals surface area contributed by atoms with Gasteiger partial charge in [0.05, 0.1) is 12.2 Å². The molecule has 0 fully saturated rings. The van der Waals surface area contributed by atoms with Crippen LogP contribution in [0.5, 0.6) is 0 Å². The molecule has 0 atom stereocenters. The molecule has 20 heavy (non-hydrogen) atoms. The van der Waals surface area contributed by atoms with Gasteiger partial charge in [0.15, 0.2) is 0 Å². The molecule has 0 spiro atoms. The van der Waals surface area contributed by atoms with Crippen LogP contribution in [0, 0.1) is 6.92 Å². The average molecular weight is 281 g/mol. The molecule has 1 aromatic heterocycles. The molecule has 0 saturated heterocycles. The molecule has 114 valence electrons. The summed E-state index contributed by atoms with van der Waals surface area (Å²) in [6.07, 6.45) is 0. The van der Waals surface area contributed by atoms with E-state index in [-0.39, 0.29) is 5.91 Å². The van der Waals surface area contributed by atoms with E-state index in [1.807, 2.05) is 37.5 Å². The van der Waals surface area contributed by atoms with Gasteiger partial charge in [-0.2, -0.15) is 5.10 Å². The lowest BCUT2D eigenvalue weighted by Crippen LogP contribution is -2.36. The first-order chi connectivity index (χ1) is 9.36. The molecule has 0 unspecified atom stereocenters. The predicted molar refractivity (Wildman–Crippen MR) is 81.9 cm³/mol. The predicted octanol–water partition coefficient (Wildman–Crippen LogP) is 0.799. The number of carbonyl (C=O) groups excluding carboxylic acids is 1. The molecule has 0 aliphatic heterocycles. The van der Waals surface area contributed by atoms with Crippen molar-refractivity contribution in [3.8, 4) is 0 Å². The summed E-state index contributed by atoms with van der Waals surface area (Å²) in [6.45, 7) is 9.89. The highest BCUT2D eigenvalue weighted by Crippen LogP contribution is 2.22. The van der Waals surface area contributed by atoms with Gasteiger partial charge >= 0.3 is 0 Å². The summed E-state index contributed by atoms with van der Waals surface area (Å²) in [5, 5.41) is 10.7. The van der Waals surface area contributed by atoms with Crippen LogP contribution in [0.1, 0.15) is 32.0 Å². The maximum Gasteiger partial charge on any atom is 0.239 e. The number of aryl methyl sites for hydroxylation is 2. The SMILES string of the molecule is CCNC(=O)CN(C)c1c(CNC(C)C)c(C)nn1C. The third kappa shape index (κ3) is 4.23. The summed E-state index contributed by atoms with van der Waals surface area (Å²) in [4.78, 5) is 13.7. The van der Waals surface area contributed by atoms with Gasteiger partial charge in [-0.3, -0.25) is 9.48 Å². The normalized spacial score (nSPS) is 10.9. The maximum absolute atomic E-state index is 11.7. The first kappa shape index (κ1) is 16.5. The molecule has 0 aromatic carbocycles. The molecule has 6 nitrogen and oxygen atoms in total. The van der Waals surface area contributed by atoms with Crippen molar-refractivity contribution < 1.29 is 4.79 Å². The molecule has 1 heterocycles. The van der Waals surface area contributed by atoms with Crippen molar-refractivity contribution in [1.82, 2.24) is 20.4 Å². The summed E-state index contributed by atoms with van der Waals surface area (Å²) in [6, 6.07) is 0.413. The van der Waals surface area contributed by atoms with Gasteiger partial charge in [0.1, 0.15) is 5.82 Å². The van der Waals surface area contributed by atoms with Crippen molar-refractivity contribution >= 4 is 11.7 Å². The van der Waals surface area contributed by atoms with Crippen LogP contribution in [0.3, 0.4) is 0 Å². The highest BCUT2D eigenvalue weighted by atomic mass is 16.2. The number of hydrogen-bond acceptors (Lipinski definition) is 4. The van der Waals surface area contributed by atoms with Crippen LogP contribution in [0.4, 0.5) is 5.82 Å². The first-order valence-electron chi connectivity index (χ1n) is 7.10. The summed E-state index contributed by atoms with van der Waals surface area (Å²) < 4.78 is 1.84. The average Bonchev–Trinajstić information content (AvgIpc) is 2.61. The van der Waals surface area contributed by atoms with E-state index in [9.17, 15) is 4.79 Å². The molecule has 1 rings (SSSR count). The Balaban J connectivity index is 2.89. The van der Waals surface area contributed by atoms with E-state index in [1.165, 1.54) is 0 Å². The molecule has 0 aliphatic carbocycles. The Morgan fingerprint density at radius 2 is 2.10 bits per heavy atom. The van der Waals surface area contributed by atoms with Crippen molar-refractivity contribution in [3.63, 3.8) is 0 Å². The van der Waals surface area contributed by atoms with Gasteiger partial charge in [-0.15, -0.1) is 0 Å². The van der Waals surface area contributed by atoms with Gasteiger partial charge in [-0.1, -0.05) is 13.8 Å². The number of hydrogen-bond donors (Lipinski definition) is 2. The quantitative estimate of drug-likeness (QED) is 0.776. The smallest absolute Gasteiger partial charge is 0.239 e. The number of likely N-dealkylation sites (N-methyl/N-ethyl adjacent to an activating group) is 2. The Kier molecular flexibility index (Phi) is 6.01. The number of nitrogens with zero attached hydrogens (tertiary/aromatic N) is 3. The molecular weight excluding hydrogens is 254 g/mol. The zero-order valence-corrected chi connectivity index (χ0v) is 13.4. The fourth-order valence-corrected chi connectivity index (χ4v) is 2.22. The molecule has 0 aliphatic rings. The van der Waals surface area contributed by atoms with Crippen LogP contribution in [0.25, 0.3) is 0 Å². The number of carbonyl (C=O) groups is 1. The third-order valence-electron chi connectivity index (χ3n) is 3.12. The summed E-state index contributed by atoms with van der Waals surface area (Å²) in [7, 11) is 3.83. The van der Waals surface area contributed by atoms with Crippen LogP contribution in [0.2, 0.25) is 0 Å². The Morgan fingerprint density at radius 3 is 2.65 bits per heavy atom. The fourth-order valence-electron chi connectivity index (χ4n) is 2.22. The summed E-state index contributed by atoms with van der Waals surface area (Å²) >= 11 is 0. The van der Waals surface area contributed by atoms with Crippen molar-refractivity contribution in [2.45, 2.75) is 40.3 Å². The van der Waals surface area contributed by atoms with Crippen LogP contribution in [-0.4, -0.2) is 41.9 Å². The molecule has 0 bridgehead atoms. The second kappa shape index (κ2) is 7.28. The second-order valence-corrected chi connectivity index (χ2v) is 5.36. The number of nitrogens with one attached hydrogen (secondary N) is 2. The topological polar surface area (TPSA) is 62.2 Å². The minimum Gasteiger partial charge on any atom is -0.355 e. The standard InChI is InChI=1S/C14H27N5O/c1-7-15-13(20)9-18(5)14-12(8-16-10(2)3)11(4)17-19(14)6/h10,16H,7-9H2,1-6H3,(H,15,20). The highest BCUT2D eigenvalue weighted by molar-refractivity contribution is 5.81. The molecule has 0 radical (unpaired) electrons. The van der Waals surface area contributed by atoms with Crippen LogP contribution in [-0.2, 0) is 18.4 Å². The molecule has 6 heteroatoms. The lowest BCUT2D eigenvalue weighted by Gasteiger charge is -2.21.